The zero-order valence-corrected chi connectivity index (χ0v) is 13.8. The lowest BCUT2D eigenvalue weighted by Crippen LogP contribution is -2.23. The third kappa shape index (κ3) is 2.88. The van der Waals surface area contributed by atoms with Crippen LogP contribution in [0.3, 0.4) is 0 Å². The third-order valence-electron chi connectivity index (χ3n) is 4.91. The van der Waals surface area contributed by atoms with Crippen LogP contribution in [0.5, 0.6) is 5.88 Å². The number of hydrogen-bond acceptors (Lipinski definition) is 7. The van der Waals surface area contributed by atoms with Gasteiger partial charge in [-0.05, 0) is 25.3 Å². The Morgan fingerprint density at radius 2 is 2.08 bits per heavy atom. The Hall–Kier alpha value is -2.77. The van der Waals surface area contributed by atoms with Crippen molar-refractivity contribution in [2.75, 3.05) is 24.6 Å². The number of H-pyrrole nitrogens is 1. The van der Waals surface area contributed by atoms with E-state index in [-0.39, 0.29) is 0 Å². The van der Waals surface area contributed by atoms with Crippen molar-refractivity contribution in [2.45, 2.75) is 25.2 Å². The minimum absolute atomic E-state index is 0.442. The lowest BCUT2D eigenvalue weighted by molar-refractivity contribution is 0.249. The second-order valence-corrected chi connectivity index (χ2v) is 6.78. The number of aromatic nitrogens is 6. The van der Waals surface area contributed by atoms with E-state index in [1.165, 1.54) is 12.8 Å². The second-order valence-electron chi connectivity index (χ2n) is 6.78. The number of aromatic amines is 1. The molecule has 1 aliphatic carbocycles. The van der Waals surface area contributed by atoms with Crippen molar-refractivity contribution < 1.29 is 4.74 Å². The molecular weight excluding hydrogens is 318 g/mol. The Bertz CT molecular complexity index is 874. The van der Waals surface area contributed by atoms with Gasteiger partial charge in [0.15, 0.2) is 11.5 Å². The van der Waals surface area contributed by atoms with E-state index in [9.17, 15) is 0 Å². The van der Waals surface area contributed by atoms with Gasteiger partial charge >= 0.3 is 0 Å². The van der Waals surface area contributed by atoms with Crippen LogP contribution in [-0.4, -0.2) is 49.8 Å². The van der Waals surface area contributed by atoms with Gasteiger partial charge in [-0.25, -0.2) is 15.0 Å². The van der Waals surface area contributed by atoms with Gasteiger partial charge in [-0.2, -0.15) is 5.10 Å². The molecule has 1 aliphatic heterocycles. The van der Waals surface area contributed by atoms with Crippen molar-refractivity contribution in [3.63, 3.8) is 0 Å². The summed E-state index contributed by atoms with van der Waals surface area (Å²) >= 11 is 0. The molecule has 3 aromatic rings. The summed E-state index contributed by atoms with van der Waals surface area (Å²) in [5.41, 5.74) is 2.69. The van der Waals surface area contributed by atoms with Gasteiger partial charge in [0, 0.05) is 31.0 Å². The normalized spacial score (nSPS) is 20.3. The Kier molecular flexibility index (Phi) is 3.46. The first kappa shape index (κ1) is 14.6. The zero-order valence-electron chi connectivity index (χ0n) is 13.8. The summed E-state index contributed by atoms with van der Waals surface area (Å²) in [6.45, 7) is 2.50. The van der Waals surface area contributed by atoms with Gasteiger partial charge in [0.1, 0.15) is 11.8 Å². The van der Waals surface area contributed by atoms with Crippen LogP contribution in [0.1, 0.15) is 30.9 Å². The van der Waals surface area contributed by atoms with E-state index >= 15 is 0 Å². The third-order valence-corrected chi connectivity index (χ3v) is 4.91. The van der Waals surface area contributed by atoms with Gasteiger partial charge in [-0.15, -0.1) is 5.10 Å². The quantitative estimate of drug-likeness (QED) is 0.760. The van der Waals surface area contributed by atoms with Gasteiger partial charge in [0.25, 0.3) is 0 Å². The van der Waals surface area contributed by atoms with E-state index in [1.807, 2.05) is 12.1 Å². The van der Waals surface area contributed by atoms with Gasteiger partial charge in [0.2, 0.25) is 5.88 Å². The molecule has 0 bridgehead atoms. The molecule has 1 N–H and O–H groups in total. The maximum absolute atomic E-state index is 5.85. The number of nitrogens with one attached hydrogen (secondary N) is 1. The number of rotatable bonds is 5. The summed E-state index contributed by atoms with van der Waals surface area (Å²) in [4.78, 5) is 18.2. The lowest BCUT2D eigenvalue weighted by Gasteiger charge is -2.17. The number of anilines is 1. The SMILES string of the molecule is c1nc(N2CCC(COc3ccc(C4CC4)nn3)C2)c2[nH]cnc2n1. The van der Waals surface area contributed by atoms with Gasteiger partial charge in [-0.3, -0.25) is 0 Å². The molecule has 25 heavy (non-hydrogen) atoms. The summed E-state index contributed by atoms with van der Waals surface area (Å²) in [6, 6.07) is 3.97. The molecule has 0 aromatic carbocycles. The van der Waals surface area contributed by atoms with Gasteiger partial charge in [-0.1, -0.05) is 0 Å². The maximum Gasteiger partial charge on any atom is 0.233 e. The fourth-order valence-electron chi connectivity index (χ4n) is 3.36. The van der Waals surface area contributed by atoms with Crippen LogP contribution < -0.4 is 9.64 Å². The van der Waals surface area contributed by atoms with Crippen LogP contribution in [0.2, 0.25) is 0 Å². The molecule has 8 nitrogen and oxygen atoms in total. The molecule has 128 valence electrons. The van der Waals surface area contributed by atoms with Crippen LogP contribution in [-0.2, 0) is 0 Å². The van der Waals surface area contributed by atoms with Crippen molar-refractivity contribution in [1.29, 1.82) is 0 Å². The summed E-state index contributed by atoms with van der Waals surface area (Å²) in [5.74, 6) is 2.59. The van der Waals surface area contributed by atoms with Crippen molar-refractivity contribution >= 4 is 17.0 Å². The van der Waals surface area contributed by atoms with Gasteiger partial charge in [0.05, 0.1) is 18.6 Å². The highest BCUT2D eigenvalue weighted by atomic mass is 16.5. The van der Waals surface area contributed by atoms with Crippen LogP contribution in [0.25, 0.3) is 11.2 Å². The maximum atomic E-state index is 5.85. The van der Waals surface area contributed by atoms with E-state index in [0.717, 1.165) is 36.5 Å². The molecular formula is C17H19N7O. The Morgan fingerprint density at radius 3 is 2.92 bits per heavy atom. The van der Waals surface area contributed by atoms with Crippen molar-refractivity contribution in [1.82, 2.24) is 30.1 Å². The number of hydrogen-bond donors (Lipinski definition) is 1. The lowest BCUT2D eigenvalue weighted by atomic mass is 10.1. The highest BCUT2D eigenvalue weighted by Gasteiger charge is 2.27. The Labute approximate surface area is 144 Å². The van der Waals surface area contributed by atoms with E-state index in [2.05, 4.69) is 35.0 Å². The smallest absolute Gasteiger partial charge is 0.233 e. The summed E-state index contributed by atoms with van der Waals surface area (Å²) in [6.07, 6.45) is 6.76. The topological polar surface area (TPSA) is 92.7 Å². The Balaban J connectivity index is 1.21. The molecule has 1 saturated carbocycles. The fourth-order valence-corrected chi connectivity index (χ4v) is 3.36. The Morgan fingerprint density at radius 1 is 1.12 bits per heavy atom. The minimum atomic E-state index is 0.442. The molecule has 8 heteroatoms. The molecule has 5 rings (SSSR count). The average molecular weight is 337 g/mol. The van der Waals surface area contributed by atoms with Gasteiger partial charge < -0.3 is 14.6 Å². The highest BCUT2D eigenvalue weighted by molar-refractivity contribution is 5.82. The average Bonchev–Trinajstić information content (AvgIpc) is 3.19. The van der Waals surface area contributed by atoms with Crippen LogP contribution in [0.4, 0.5) is 5.82 Å². The zero-order chi connectivity index (χ0) is 16.6. The van der Waals surface area contributed by atoms with E-state index in [1.54, 1.807) is 12.7 Å². The van der Waals surface area contributed by atoms with E-state index < -0.39 is 0 Å². The van der Waals surface area contributed by atoms with Crippen molar-refractivity contribution in [3.8, 4) is 5.88 Å². The first-order chi connectivity index (χ1) is 12.4. The number of fused-ring (bicyclic) bond motifs is 1. The number of imidazole rings is 1. The molecule has 1 saturated heterocycles. The summed E-state index contributed by atoms with van der Waals surface area (Å²) in [5, 5.41) is 8.46. The second kappa shape index (κ2) is 5.94. The minimum Gasteiger partial charge on any atom is -0.476 e. The highest BCUT2D eigenvalue weighted by Crippen LogP contribution is 2.38. The standard InChI is InChI=1S/C17H19N7O/c1-2-12(1)13-3-4-14(23-22-13)25-8-11-5-6-24(7-11)17-15-16(19-9-18-15)20-10-21-17/h3-4,9-12H,1-2,5-8H2,(H,18,19,20,21). The van der Waals surface area contributed by atoms with Crippen LogP contribution in [0, 0.1) is 5.92 Å². The molecule has 1 unspecified atom stereocenters. The van der Waals surface area contributed by atoms with Crippen LogP contribution in [0.15, 0.2) is 24.8 Å². The number of nitrogens with zero attached hydrogens (tertiary/aromatic N) is 6. The molecule has 2 fully saturated rings. The predicted octanol–water partition coefficient (Wildman–Crippen LogP) is 1.93. The van der Waals surface area contributed by atoms with E-state index in [4.69, 9.17) is 4.74 Å². The van der Waals surface area contributed by atoms with Crippen molar-refractivity contribution in [3.05, 3.63) is 30.5 Å². The predicted molar refractivity (Wildman–Crippen MR) is 91.5 cm³/mol. The largest absolute Gasteiger partial charge is 0.476 e. The molecule has 0 spiro atoms. The monoisotopic (exact) mass is 337 g/mol. The fraction of sp³-hybridized carbons (Fsp3) is 0.471. The molecule has 1 atom stereocenters. The number of ether oxygens (including phenoxy) is 1. The molecule has 3 aromatic heterocycles. The summed E-state index contributed by atoms with van der Waals surface area (Å²) in [7, 11) is 0. The van der Waals surface area contributed by atoms with Crippen LogP contribution >= 0.6 is 0 Å². The van der Waals surface area contributed by atoms with E-state index in [0.29, 0.717) is 30.0 Å². The molecule has 4 heterocycles. The molecule has 2 aliphatic rings. The first-order valence-corrected chi connectivity index (χ1v) is 8.72. The summed E-state index contributed by atoms with van der Waals surface area (Å²) < 4.78 is 5.85. The molecule has 0 amide bonds. The van der Waals surface area contributed by atoms with Crippen molar-refractivity contribution in [2.24, 2.45) is 5.92 Å². The first-order valence-electron chi connectivity index (χ1n) is 8.72. The molecule has 0 radical (unpaired) electrons.